The van der Waals surface area contributed by atoms with Crippen molar-refractivity contribution in [2.75, 3.05) is 6.79 Å². The number of nitrogens with one attached hydrogen (secondary N) is 1. The summed E-state index contributed by atoms with van der Waals surface area (Å²) in [5.41, 5.74) is 1.02. The molecular weight excluding hydrogens is 342 g/mol. The van der Waals surface area contributed by atoms with Gasteiger partial charge in [0, 0.05) is 0 Å². The van der Waals surface area contributed by atoms with Gasteiger partial charge in [0.05, 0.1) is 0 Å². The van der Waals surface area contributed by atoms with E-state index in [-0.39, 0.29) is 19.0 Å². The normalized spacial score (nSPS) is 14.3. The van der Waals surface area contributed by atoms with Crippen LogP contribution in [0.15, 0.2) is 48.5 Å². The van der Waals surface area contributed by atoms with Gasteiger partial charge in [0.1, 0.15) is 12.7 Å². The van der Waals surface area contributed by atoms with Crippen LogP contribution in [0.1, 0.15) is 17.2 Å². The van der Waals surface area contributed by atoms with Crippen molar-refractivity contribution in [1.29, 1.82) is 0 Å². The zero-order valence-electron chi connectivity index (χ0n) is 13.6. The first-order valence-corrected chi connectivity index (χ1v) is 7.82. The third kappa shape index (κ3) is 4.04. The number of rotatable bonds is 6. The molecule has 3 rings (SSSR count). The van der Waals surface area contributed by atoms with Crippen molar-refractivity contribution in [2.45, 2.75) is 18.8 Å². The Morgan fingerprint density at radius 2 is 1.85 bits per heavy atom. The minimum atomic E-state index is -1.58. The largest absolute Gasteiger partial charge is 0.480 e. The molecule has 2 aromatic rings. The van der Waals surface area contributed by atoms with Gasteiger partial charge in [-0.25, -0.2) is 9.59 Å². The molecule has 0 aliphatic carbocycles. The molecule has 3 N–H and O–H groups in total. The molecular formula is C18H17NO7. The van der Waals surface area contributed by atoms with E-state index in [0.717, 1.165) is 5.56 Å². The van der Waals surface area contributed by atoms with Crippen molar-refractivity contribution in [2.24, 2.45) is 0 Å². The number of ether oxygens (including phenoxy) is 3. The van der Waals surface area contributed by atoms with Gasteiger partial charge in [-0.2, -0.15) is 0 Å². The number of hydrogen-bond donors (Lipinski definition) is 3. The first-order chi connectivity index (χ1) is 12.5. The number of carboxylic acid groups (broad SMARTS) is 1. The highest BCUT2D eigenvalue weighted by Crippen LogP contribution is 2.34. The van der Waals surface area contributed by atoms with Crippen LogP contribution in [-0.4, -0.2) is 35.1 Å². The molecule has 0 radical (unpaired) electrons. The van der Waals surface area contributed by atoms with Gasteiger partial charge in [-0.1, -0.05) is 36.4 Å². The van der Waals surface area contributed by atoms with Crippen LogP contribution in [0, 0.1) is 0 Å². The summed E-state index contributed by atoms with van der Waals surface area (Å²) in [5, 5.41) is 21.9. The minimum absolute atomic E-state index is 0.0148. The van der Waals surface area contributed by atoms with Crippen molar-refractivity contribution in [1.82, 2.24) is 5.32 Å². The summed E-state index contributed by atoms with van der Waals surface area (Å²) in [6.45, 7) is 0.0421. The summed E-state index contributed by atoms with van der Waals surface area (Å²) in [5.74, 6) is -0.493. The third-order valence-electron chi connectivity index (χ3n) is 3.81. The molecule has 0 unspecified atom stereocenters. The second kappa shape index (κ2) is 7.75. The Labute approximate surface area is 148 Å². The zero-order chi connectivity index (χ0) is 18.5. The van der Waals surface area contributed by atoms with E-state index in [1.807, 2.05) is 6.07 Å². The Balaban J connectivity index is 1.64. The third-order valence-corrected chi connectivity index (χ3v) is 3.81. The van der Waals surface area contributed by atoms with E-state index in [1.165, 1.54) is 12.1 Å². The summed E-state index contributed by atoms with van der Waals surface area (Å²) < 4.78 is 15.4. The quantitative estimate of drug-likeness (QED) is 0.721. The minimum Gasteiger partial charge on any atom is -0.480 e. The number of aliphatic hydroxyl groups is 1. The number of benzene rings is 2. The lowest BCUT2D eigenvalue weighted by Gasteiger charge is -2.20. The topological polar surface area (TPSA) is 114 Å². The summed E-state index contributed by atoms with van der Waals surface area (Å²) in [6.07, 6.45) is -2.44. The molecule has 8 heteroatoms. The Morgan fingerprint density at radius 1 is 1.12 bits per heavy atom. The lowest BCUT2D eigenvalue weighted by molar-refractivity contribution is -0.142. The molecule has 26 heavy (non-hydrogen) atoms. The summed E-state index contributed by atoms with van der Waals surface area (Å²) in [6, 6.07) is 11.9. The van der Waals surface area contributed by atoms with E-state index >= 15 is 0 Å². The maximum Gasteiger partial charge on any atom is 0.408 e. The molecule has 0 fully saturated rings. The van der Waals surface area contributed by atoms with E-state index in [9.17, 15) is 19.8 Å². The number of amides is 1. The van der Waals surface area contributed by atoms with Crippen LogP contribution in [0.2, 0.25) is 0 Å². The highest BCUT2D eigenvalue weighted by Gasteiger charge is 2.31. The molecule has 1 aliphatic rings. The first kappa shape index (κ1) is 17.6. The van der Waals surface area contributed by atoms with Crippen LogP contribution in [0.3, 0.4) is 0 Å². The maximum atomic E-state index is 11.9. The van der Waals surface area contributed by atoms with E-state index in [2.05, 4.69) is 5.32 Å². The summed E-state index contributed by atoms with van der Waals surface area (Å²) >= 11 is 0. The SMILES string of the molecule is O=C(N[C@@H](C(=O)O)[C@@H](O)c1ccc2c(c1)OCO2)OCc1ccccc1. The average Bonchev–Trinajstić information content (AvgIpc) is 3.12. The molecule has 136 valence electrons. The Morgan fingerprint density at radius 3 is 2.58 bits per heavy atom. The predicted molar refractivity (Wildman–Crippen MR) is 88.7 cm³/mol. The molecule has 2 atom stereocenters. The standard InChI is InChI=1S/C18H17NO7/c20-16(12-6-7-13-14(8-12)26-10-25-13)15(17(21)22)19-18(23)24-9-11-4-2-1-3-5-11/h1-8,15-16,20H,9-10H2,(H,19,23)(H,21,22)/t15-,16+/m1/s1. The Hall–Kier alpha value is -3.26. The van der Waals surface area contributed by atoms with Crippen molar-refractivity contribution in [3.63, 3.8) is 0 Å². The molecule has 0 bridgehead atoms. The smallest absolute Gasteiger partial charge is 0.408 e. The fourth-order valence-electron chi connectivity index (χ4n) is 2.46. The monoisotopic (exact) mass is 359 g/mol. The van der Waals surface area contributed by atoms with Gasteiger partial charge in [-0.15, -0.1) is 0 Å². The van der Waals surface area contributed by atoms with Crippen LogP contribution < -0.4 is 14.8 Å². The van der Waals surface area contributed by atoms with Crippen LogP contribution in [0.4, 0.5) is 4.79 Å². The maximum absolute atomic E-state index is 11.9. The number of carbonyl (C=O) groups excluding carboxylic acids is 1. The molecule has 0 aromatic heterocycles. The van der Waals surface area contributed by atoms with Crippen LogP contribution in [-0.2, 0) is 16.1 Å². The molecule has 8 nitrogen and oxygen atoms in total. The van der Waals surface area contributed by atoms with E-state index < -0.39 is 24.2 Å². The Bertz CT molecular complexity index is 793. The summed E-state index contributed by atoms with van der Waals surface area (Å²) in [7, 11) is 0. The Kier molecular flexibility index (Phi) is 5.23. The molecule has 0 saturated heterocycles. The molecule has 0 saturated carbocycles. The number of aliphatic carboxylic acids is 1. The van der Waals surface area contributed by atoms with Crippen molar-refractivity contribution in [3.8, 4) is 11.5 Å². The van der Waals surface area contributed by atoms with Gasteiger partial charge in [0.2, 0.25) is 6.79 Å². The van der Waals surface area contributed by atoms with Gasteiger partial charge in [0.15, 0.2) is 17.5 Å². The molecule has 2 aromatic carbocycles. The molecule has 0 spiro atoms. The van der Waals surface area contributed by atoms with Crippen molar-refractivity contribution in [3.05, 3.63) is 59.7 Å². The number of alkyl carbamates (subject to hydrolysis) is 1. The molecule has 1 aliphatic heterocycles. The van der Waals surface area contributed by atoms with E-state index in [0.29, 0.717) is 11.5 Å². The second-order valence-corrected chi connectivity index (χ2v) is 5.58. The van der Waals surface area contributed by atoms with Crippen LogP contribution in [0.5, 0.6) is 11.5 Å². The number of aliphatic hydroxyl groups excluding tert-OH is 1. The number of carboxylic acids is 1. The zero-order valence-corrected chi connectivity index (χ0v) is 13.6. The fourth-order valence-corrected chi connectivity index (χ4v) is 2.46. The molecule has 1 heterocycles. The lowest BCUT2D eigenvalue weighted by atomic mass is 10.0. The van der Waals surface area contributed by atoms with Crippen LogP contribution >= 0.6 is 0 Å². The van der Waals surface area contributed by atoms with E-state index in [1.54, 1.807) is 30.3 Å². The van der Waals surface area contributed by atoms with E-state index in [4.69, 9.17) is 14.2 Å². The van der Waals surface area contributed by atoms with Crippen molar-refractivity contribution >= 4 is 12.1 Å². The van der Waals surface area contributed by atoms with Crippen LogP contribution in [0.25, 0.3) is 0 Å². The summed E-state index contributed by atoms with van der Waals surface area (Å²) in [4.78, 5) is 23.4. The first-order valence-electron chi connectivity index (χ1n) is 7.82. The van der Waals surface area contributed by atoms with Gasteiger partial charge in [-0.05, 0) is 23.3 Å². The second-order valence-electron chi connectivity index (χ2n) is 5.58. The van der Waals surface area contributed by atoms with Gasteiger partial charge in [-0.3, -0.25) is 0 Å². The van der Waals surface area contributed by atoms with Gasteiger partial charge in [0.25, 0.3) is 0 Å². The highest BCUT2D eigenvalue weighted by atomic mass is 16.7. The number of carbonyl (C=O) groups is 2. The average molecular weight is 359 g/mol. The number of fused-ring (bicyclic) bond motifs is 1. The fraction of sp³-hybridized carbons (Fsp3) is 0.222. The van der Waals surface area contributed by atoms with Crippen molar-refractivity contribution < 1.29 is 34.0 Å². The lowest BCUT2D eigenvalue weighted by Crippen LogP contribution is -2.45. The van der Waals surface area contributed by atoms with Gasteiger partial charge < -0.3 is 29.7 Å². The highest BCUT2D eigenvalue weighted by molar-refractivity contribution is 5.80. The number of hydrogen-bond acceptors (Lipinski definition) is 6. The molecule has 1 amide bonds. The predicted octanol–water partition coefficient (Wildman–Crippen LogP) is 1.83. The van der Waals surface area contributed by atoms with Gasteiger partial charge >= 0.3 is 12.1 Å².